The normalized spacial score (nSPS) is 14.2. The fourth-order valence-corrected chi connectivity index (χ4v) is 11.4. The third-order valence-electron chi connectivity index (χ3n) is 14.6. The number of carbonyl (C=O) groups is 2. The van der Waals surface area contributed by atoms with Crippen LogP contribution in [0.25, 0.3) is 44.5 Å². The Labute approximate surface area is 386 Å². The molecule has 0 N–H and O–H groups in total. The van der Waals surface area contributed by atoms with Crippen molar-refractivity contribution in [2.24, 2.45) is 0 Å². The summed E-state index contributed by atoms with van der Waals surface area (Å²) in [5, 5.41) is 0. The molecule has 0 fully saturated rings. The summed E-state index contributed by atoms with van der Waals surface area (Å²) in [6, 6.07) is 43.4. The second-order valence-electron chi connectivity index (χ2n) is 18.4. The van der Waals surface area contributed by atoms with E-state index in [2.05, 4.69) is 177 Å². The van der Waals surface area contributed by atoms with Crippen molar-refractivity contribution in [2.45, 2.75) is 156 Å². The van der Waals surface area contributed by atoms with E-state index in [9.17, 15) is 0 Å². The first kappa shape index (κ1) is 46.6. The van der Waals surface area contributed by atoms with E-state index in [1.165, 1.54) is 22.3 Å². The summed E-state index contributed by atoms with van der Waals surface area (Å²) in [7, 11) is 0. The molecule has 0 heterocycles. The molecule has 0 radical (unpaired) electrons. The van der Waals surface area contributed by atoms with E-state index in [4.69, 9.17) is 0 Å². The summed E-state index contributed by atoms with van der Waals surface area (Å²) in [6.07, 6.45) is 12.5. The molecule has 4 atom stereocenters. The van der Waals surface area contributed by atoms with Crippen molar-refractivity contribution in [3.63, 3.8) is 0 Å². The van der Waals surface area contributed by atoms with Gasteiger partial charge in [-0.1, -0.05) is 202 Å². The minimum atomic E-state index is -0.0499. The maximum atomic E-state index is 16.6. The van der Waals surface area contributed by atoms with Crippen LogP contribution in [-0.2, 0) is 0 Å². The molecule has 7 rings (SSSR count). The van der Waals surface area contributed by atoms with Crippen molar-refractivity contribution in [3.8, 4) is 44.5 Å². The van der Waals surface area contributed by atoms with Gasteiger partial charge in [-0.05, 0) is 142 Å². The molecule has 2 heteroatoms. The third-order valence-corrected chi connectivity index (χ3v) is 14.6. The Hall–Kier alpha value is -5.34. The molecule has 0 aromatic heterocycles. The molecular formula is C62H72O2. The summed E-state index contributed by atoms with van der Waals surface area (Å²) in [5.41, 5.74) is 14.9. The molecule has 0 saturated heterocycles. The second kappa shape index (κ2) is 21.6. The average Bonchev–Trinajstić information content (AvgIpc) is 3.34. The van der Waals surface area contributed by atoms with Gasteiger partial charge in [0.05, 0.1) is 0 Å². The van der Waals surface area contributed by atoms with Crippen LogP contribution < -0.4 is 0 Å². The van der Waals surface area contributed by atoms with Gasteiger partial charge in [0.1, 0.15) is 0 Å². The fraction of sp³-hybridized carbons (Fsp3) is 0.387. The van der Waals surface area contributed by atoms with Crippen LogP contribution >= 0.6 is 0 Å². The van der Waals surface area contributed by atoms with Gasteiger partial charge in [0.25, 0.3) is 0 Å². The van der Waals surface area contributed by atoms with Crippen molar-refractivity contribution >= 4 is 11.6 Å². The van der Waals surface area contributed by atoms with E-state index in [0.29, 0.717) is 45.9 Å². The maximum Gasteiger partial charge on any atom is 0.195 e. The van der Waals surface area contributed by atoms with Crippen LogP contribution in [0.3, 0.4) is 0 Å². The summed E-state index contributed by atoms with van der Waals surface area (Å²) < 4.78 is 0. The lowest BCUT2D eigenvalue weighted by molar-refractivity contribution is 0.0981. The van der Waals surface area contributed by atoms with Gasteiger partial charge in [-0.15, -0.1) is 0 Å². The molecule has 6 aromatic rings. The number of carbonyl (C=O) groups excluding carboxylic acids is 2. The highest BCUT2D eigenvalue weighted by atomic mass is 16.1. The second-order valence-corrected chi connectivity index (χ2v) is 18.4. The van der Waals surface area contributed by atoms with Crippen LogP contribution in [-0.4, -0.2) is 11.6 Å². The predicted octanol–water partition coefficient (Wildman–Crippen LogP) is 18.3. The monoisotopic (exact) mass is 849 g/mol. The highest BCUT2D eigenvalue weighted by Gasteiger charge is 2.40. The van der Waals surface area contributed by atoms with E-state index >= 15 is 9.59 Å². The van der Waals surface area contributed by atoms with Gasteiger partial charge in [-0.3, -0.25) is 9.59 Å². The first-order valence-electron chi connectivity index (χ1n) is 25.1. The number of benzene rings is 6. The van der Waals surface area contributed by atoms with Crippen molar-refractivity contribution < 1.29 is 9.59 Å². The zero-order valence-corrected chi connectivity index (χ0v) is 40.2. The van der Waals surface area contributed by atoms with Crippen LogP contribution in [0.15, 0.2) is 121 Å². The molecule has 64 heavy (non-hydrogen) atoms. The Bertz CT molecular complexity index is 2220. The van der Waals surface area contributed by atoms with Crippen LogP contribution in [0.2, 0.25) is 0 Å². The molecule has 2 nitrogen and oxygen atoms in total. The zero-order chi connectivity index (χ0) is 45.3. The standard InChI is InChI=1S/C62H72O2/c1-9-25-41(13-5)45-29-17-21-33-49(45)53-37-38-54(50-34-22-18-30-46(50)42(14-6)26-10-2)58-57(53)61(63)59-55(51-35-23-19-31-47(51)43(15-7)27-11-3)39-40-56(60(59)62(58)64)52-36-24-20-32-48(52)44(16-8)28-12-4/h17-24,29-44H,9-16,25-28H2,1-8H3. The lowest BCUT2D eigenvalue weighted by Gasteiger charge is -2.30. The topological polar surface area (TPSA) is 34.1 Å². The Balaban J connectivity index is 1.64. The van der Waals surface area contributed by atoms with Crippen molar-refractivity contribution in [2.75, 3.05) is 0 Å². The molecule has 6 aromatic carbocycles. The first-order valence-corrected chi connectivity index (χ1v) is 25.1. The zero-order valence-electron chi connectivity index (χ0n) is 40.2. The predicted molar refractivity (Wildman–Crippen MR) is 273 cm³/mol. The van der Waals surface area contributed by atoms with E-state index < -0.39 is 0 Å². The summed E-state index contributed by atoms with van der Waals surface area (Å²) in [6.45, 7) is 18.1. The summed E-state index contributed by atoms with van der Waals surface area (Å²) in [5.74, 6) is 1.24. The minimum Gasteiger partial charge on any atom is -0.289 e. The van der Waals surface area contributed by atoms with Gasteiger partial charge in [-0.2, -0.15) is 0 Å². The van der Waals surface area contributed by atoms with Gasteiger partial charge >= 0.3 is 0 Å². The molecule has 1 aliphatic rings. The minimum absolute atomic E-state index is 0.0499. The molecule has 332 valence electrons. The molecule has 4 unspecified atom stereocenters. The quantitative estimate of drug-likeness (QED) is 0.0766. The van der Waals surface area contributed by atoms with E-state index in [1.54, 1.807) is 0 Å². The van der Waals surface area contributed by atoms with Crippen LogP contribution in [0.5, 0.6) is 0 Å². The summed E-state index contributed by atoms with van der Waals surface area (Å²) in [4.78, 5) is 33.1. The average molecular weight is 849 g/mol. The van der Waals surface area contributed by atoms with Gasteiger partial charge in [0, 0.05) is 22.3 Å². The van der Waals surface area contributed by atoms with Crippen molar-refractivity contribution in [1.82, 2.24) is 0 Å². The Morgan fingerprint density at radius 1 is 0.281 bits per heavy atom. The summed E-state index contributed by atoms with van der Waals surface area (Å²) >= 11 is 0. The lowest BCUT2D eigenvalue weighted by atomic mass is 9.71. The molecular weight excluding hydrogens is 777 g/mol. The van der Waals surface area contributed by atoms with Gasteiger partial charge in [0.2, 0.25) is 0 Å². The Morgan fingerprint density at radius 3 is 0.672 bits per heavy atom. The van der Waals surface area contributed by atoms with Gasteiger partial charge in [-0.25, -0.2) is 0 Å². The molecule has 0 amide bonds. The number of ketones is 2. The van der Waals surface area contributed by atoms with Gasteiger partial charge < -0.3 is 0 Å². The Morgan fingerprint density at radius 2 is 0.484 bits per heavy atom. The molecule has 0 spiro atoms. The molecule has 0 aliphatic heterocycles. The number of hydrogen-bond donors (Lipinski definition) is 0. The molecule has 1 aliphatic carbocycles. The molecule has 0 bridgehead atoms. The largest absolute Gasteiger partial charge is 0.289 e. The van der Waals surface area contributed by atoms with E-state index in [1.807, 2.05) is 0 Å². The van der Waals surface area contributed by atoms with Crippen molar-refractivity contribution in [1.29, 1.82) is 0 Å². The number of fused-ring (bicyclic) bond motifs is 2. The fourth-order valence-electron chi connectivity index (χ4n) is 11.4. The third kappa shape index (κ3) is 8.87. The highest BCUT2D eigenvalue weighted by Crippen LogP contribution is 2.50. The Kier molecular flexibility index (Phi) is 15.7. The number of hydrogen-bond acceptors (Lipinski definition) is 2. The van der Waals surface area contributed by atoms with Crippen LogP contribution in [0, 0.1) is 0 Å². The van der Waals surface area contributed by atoms with E-state index in [-0.39, 0.29) is 11.6 Å². The SMILES string of the molecule is CCCC(CC)c1ccccc1-c1ccc(-c2ccccc2C(CC)CCC)c2c1C(=O)c1c(-c3ccccc3C(CC)CCC)ccc(-c3ccccc3C(CC)CCC)c1C2=O. The van der Waals surface area contributed by atoms with E-state index in [0.717, 1.165) is 122 Å². The van der Waals surface area contributed by atoms with Crippen LogP contribution in [0.4, 0.5) is 0 Å². The molecule has 0 saturated carbocycles. The number of rotatable bonds is 20. The smallest absolute Gasteiger partial charge is 0.195 e. The highest BCUT2D eigenvalue weighted by molar-refractivity contribution is 6.35. The van der Waals surface area contributed by atoms with Gasteiger partial charge in [0.15, 0.2) is 11.6 Å². The van der Waals surface area contributed by atoms with Crippen molar-refractivity contribution in [3.05, 3.63) is 166 Å². The lowest BCUT2D eigenvalue weighted by Crippen LogP contribution is -2.25. The first-order chi connectivity index (χ1) is 31.3. The van der Waals surface area contributed by atoms with Crippen LogP contribution in [0.1, 0.15) is 210 Å². The maximum absolute atomic E-state index is 16.6.